The van der Waals surface area contributed by atoms with Gasteiger partial charge >= 0.3 is 0 Å². The molecule has 0 bridgehead atoms. The number of fused-ring (bicyclic) bond motifs is 1. The molecule has 3 heteroatoms. The Hall–Kier alpha value is -1.84. The first-order valence-electron chi connectivity index (χ1n) is 7.31. The Balaban J connectivity index is 1.89. The smallest absolute Gasteiger partial charge is 0.125 e. The molecule has 3 rings (SSSR count). The van der Waals surface area contributed by atoms with Crippen molar-refractivity contribution in [3.63, 3.8) is 0 Å². The number of rotatable bonds is 4. The molecule has 1 heterocycles. The standard InChI is InChI=1S/C18H21NO2/c1-18(2)17(14-10-6-7-11-16(14)21-18)19-15(12-20)13-8-4-3-5-9-13/h3-11,15,17,19-20H,12H2,1-2H3/t15-,17?/m1/s1. The average molecular weight is 283 g/mol. The molecular formula is C18H21NO2. The fourth-order valence-corrected chi connectivity index (χ4v) is 2.96. The van der Waals surface area contributed by atoms with Gasteiger partial charge in [-0.05, 0) is 25.5 Å². The maximum Gasteiger partial charge on any atom is 0.125 e. The van der Waals surface area contributed by atoms with Crippen LogP contribution in [0.4, 0.5) is 0 Å². The van der Waals surface area contributed by atoms with Gasteiger partial charge in [-0.3, -0.25) is 5.32 Å². The Labute approximate surface area is 125 Å². The molecule has 1 aliphatic heterocycles. The Morgan fingerprint density at radius 2 is 1.76 bits per heavy atom. The third-order valence-electron chi connectivity index (χ3n) is 4.05. The van der Waals surface area contributed by atoms with Gasteiger partial charge in [0.2, 0.25) is 0 Å². The Morgan fingerprint density at radius 1 is 1.10 bits per heavy atom. The largest absolute Gasteiger partial charge is 0.486 e. The SMILES string of the molecule is CC1(C)Oc2ccccc2C1N[C@H](CO)c1ccccc1. The fourth-order valence-electron chi connectivity index (χ4n) is 2.96. The van der Waals surface area contributed by atoms with Gasteiger partial charge in [0, 0.05) is 5.56 Å². The summed E-state index contributed by atoms with van der Waals surface area (Å²) in [5.74, 6) is 0.921. The monoisotopic (exact) mass is 283 g/mol. The van der Waals surface area contributed by atoms with Gasteiger partial charge in [-0.25, -0.2) is 0 Å². The molecule has 21 heavy (non-hydrogen) atoms. The summed E-state index contributed by atoms with van der Waals surface area (Å²) in [5, 5.41) is 13.3. The molecule has 1 aliphatic rings. The maximum atomic E-state index is 9.75. The number of hydrogen-bond donors (Lipinski definition) is 2. The molecule has 0 radical (unpaired) electrons. The summed E-state index contributed by atoms with van der Waals surface area (Å²) >= 11 is 0. The average Bonchev–Trinajstić information content (AvgIpc) is 2.75. The van der Waals surface area contributed by atoms with Crippen LogP contribution in [-0.4, -0.2) is 17.3 Å². The zero-order chi connectivity index (χ0) is 14.9. The van der Waals surface area contributed by atoms with Crippen LogP contribution in [0.5, 0.6) is 5.75 Å². The van der Waals surface area contributed by atoms with E-state index in [1.54, 1.807) is 0 Å². The predicted octanol–water partition coefficient (Wildman–Crippen LogP) is 3.22. The number of ether oxygens (including phenoxy) is 1. The van der Waals surface area contributed by atoms with E-state index in [9.17, 15) is 5.11 Å². The molecular weight excluding hydrogens is 262 g/mol. The van der Waals surface area contributed by atoms with E-state index in [2.05, 4.69) is 25.2 Å². The van der Waals surface area contributed by atoms with Crippen LogP contribution in [0, 0.1) is 0 Å². The van der Waals surface area contributed by atoms with E-state index in [0.29, 0.717) is 0 Å². The van der Waals surface area contributed by atoms with E-state index < -0.39 is 0 Å². The van der Waals surface area contributed by atoms with Crippen LogP contribution in [0.1, 0.15) is 37.1 Å². The topological polar surface area (TPSA) is 41.5 Å². The molecule has 0 saturated carbocycles. The van der Waals surface area contributed by atoms with E-state index in [4.69, 9.17) is 4.74 Å². The summed E-state index contributed by atoms with van der Waals surface area (Å²) in [6, 6.07) is 18.1. The van der Waals surface area contributed by atoms with E-state index in [1.165, 1.54) is 0 Å². The van der Waals surface area contributed by atoms with Gasteiger partial charge in [0.1, 0.15) is 11.4 Å². The second-order valence-electron chi connectivity index (χ2n) is 5.99. The normalized spacial score (nSPS) is 20.6. The Bertz CT molecular complexity index is 610. The predicted molar refractivity (Wildman–Crippen MR) is 83.3 cm³/mol. The minimum atomic E-state index is -0.341. The summed E-state index contributed by atoms with van der Waals surface area (Å²) in [7, 11) is 0. The number of aliphatic hydroxyl groups excluding tert-OH is 1. The summed E-state index contributed by atoms with van der Waals surface area (Å²) < 4.78 is 6.04. The highest BCUT2D eigenvalue weighted by Crippen LogP contribution is 2.43. The van der Waals surface area contributed by atoms with Crippen molar-refractivity contribution in [3.05, 3.63) is 65.7 Å². The highest BCUT2D eigenvalue weighted by Gasteiger charge is 2.41. The van der Waals surface area contributed by atoms with Gasteiger partial charge in [-0.1, -0.05) is 48.5 Å². The van der Waals surface area contributed by atoms with Crippen LogP contribution in [0.15, 0.2) is 54.6 Å². The minimum absolute atomic E-state index is 0.0473. The van der Waals surface area contributed by atoms with Crippen molar-refractivity contribution in [2.45, 2.75) is 31.5 Å². The number of nitrogens with one attached hydrogen (secondary N) is 1. The molecule has 2 atom stereocenters. The van der Waals surface area contributed by atoms with Crippen molar-refractivity contribution in [2.75, 3.05) is 6.61 Å². The fraction of sp³-hybridized carbons (Fsp3) is 0.333. The highest BCUT2D eigenvalue weighted by atomic mass is 16.5. The van der Waals surface area contributed by atoms with Crippen LogP contribution >= 0.6 is 0 Å². The molecule has 1 unspecified atom stereocenters. The molecule has 0 aliphatic carbocycles. The van der Waals surface area contributed by atoms with Crippen molar-refractivity contribution in [1.82, 2.24) is 5.32 Å². The van der Waals surface area contributed by atoms with Gasteiger partial charge < -0.3 is 9.84 Å². The second kappa shape index (κ2) is 5.51. The van der Waals surface area contributed by atoms with Crippen LogP contribution in [0.25, 0.3) is 0 Å². The van der Waals surface area contributed by atoms with E-state index in [0.717, 1.165) is 16.9 Å². The van der Waals surface area contributed by atoms with Crippen molar-refractivity contribution < 1.29 is 9.84 Å². The third-order valence-corrected chi connectivity index (χ3v) is 4.05. The third kappa shape index (κ3) is 2.67. The van der Waals surface area contributed by atoms with Crippen LogP contribution in [-0.2, 0) is 0 Å². The Kier molecular flexibility index (Phi) is 3.70. The van der Waals surface area contributed by atoms with E-state index in [-0.39, 0.29) is 24.3 Å². The van der Waals surface area contributed by atoms with Crippen molar-refractivity contribution in [1.29, 1.82) is 0 Å². The van der Waals surface area contributed by atoms with Crippen LogP contribution in [0.3, 0.4) is 0 Å². The molecule has 2 aromatic rings. The maximum absolute atomic E-state index is 9.75. The molecule has 2 aromatic carbocycles. The Morgan fingerprint density at radius 3 is 2.48 bits per heavy atom. The first kappa shape index (κ1) is 14.1. The lowest BCUT2D eigenvalue weighted by molar-refractivity contribution is 0.0847. The number of hydrogen-bond acceptors (Lipinski definition) is 3. The zero-order valence-corrected chi connectivity index (χ0v) is 12.4. The molecule has 2 N–H and O–H groups in total. The quantitative estimate of drug-likeness (QED) is 0.905. The lowest BCUT2D eigenvalue weighted by Gasteiger charge is -2.30. The first-order valence-corrected chi connectivity index (χ1v) is 7.31. The van der Waals surface area contributed by atoms with Gasteiger partial charge in [-0.2, -0.15) is 0 Å². The molecule has 3 nitrogen and oxygen atoms in total. The summed E-state index contributed by atoms with van der Waals surface area (Å²) in [6.07, 6.45) is 0. The lowest BCUT2D eigenvalue weighted by Crippen LogP contribution is -2.41. The molecule has 110 valence electrons. The lowest BCUT2D eigenvalue weighted by atomic mass is 9.93. The van der Waals surface area contributed by atoms with Gasteiger partial charge in [0.05, 0.1) is 18.7 Å². The van der Waals surface area contributed by atoms with E-state index in [1.807, 2.05) is 48.5 Å². The molecule has 0 saturated heterocycles. The summed E-state index contributed by atoms with van der Waals surface area (Å²) in [4.78, 5) is 0. The minimum Gasteiger partial charge on any atom is -0.486 e. The second-order valence-corrected chi connectivity index (χ2v) is 5.99. The highest BCUT2D eigenvalue weighted by molar-refractivity contribution is 5.42. The number of aliphatic hydroxyl groups is 1. The van der Waals surface area contributed by atoms with Crippen LogP contribution in [0.2, 0.25) is 0 Å². The molecule has 0 aromatic heterocycles. The van der Waals surface area contributed by atoms with Gasteiger partial charge in [0.25, 0.3) is 0 Å². The van der Waals surface area contributed by atoms with Crippen molar-refractivity contribution in [2.24, 2.45) is 0 Å². The van der Waals surface area contributed by atoms with Gasteiger partial charge in [0.15, 0.2) is 0 Å². The van der Waals surface area contributed by atoms with Crippen LogP contribution < -0.4 is 10.1 Å². The number of para-hydroxylation sites is 1. The van der Waals surface area contributed by atoms with Crippen molar-refractivity contribution >= 4 is 0 Å². The summed E-state index contributed by atoms with van der Waals surface area (Å²) in [5.41, 5.74) is 1.89. The summed E-state index contributed by atoms with van der Waals surface area (Å²) in [6.45, 7) is 4.20. The molecule has 0 amide bonds. The van der Waals surface area contributed by atoms with E-state index >= 15 is 0 Å². The molecule has 0 fully saturated rings. The molecule has 0 spiro atoms. The van der Waals surface area contributed by atoms with Crippen molar-refractivity contribution in [3.8, 4) is 5.75 Å². The first-order chi connectivity index (χ1) is 10.1. The van der Waals surface area contributed by atoms with Gasteiger partial charge in [-0.15, -0.1) is 0 Å². The zero-order valence-electron chi connectivity index (χ0n) is 12.4. The number of benzene rings is 2.